The number of ether oxygens (including phenoxy) is 1. The van der Waals surface area contributed by atoms with Crippen LogP contribution in [-0.4, -0.2) is 24.5 Å². The molecule has 3 heterocycles. The first-order valence-corrected chi connectivity index (χ1v) is 9.43. The van der Waals surface area contributed by atoms with Crippen LogP contribution in [-0.2, 0) is 10.2 Å². The third-order valence-corrected chi connectivity index (χ3v) is 8.30. The quantitative estimate of drug-likeness (QED) is 0.772. The van der Waals surface area contributed by atoms with Gasteiger partial charge in [-0.25, -0.2) is 0 Å². The summed E-state index contributed by atoms with van der Waals surface area (Å²) < 4.78 is 6.67. The van der Waals surface area contributed by atoms with E-state index in [4.69, 9.17) is 4.74 Å². The van der Waals surface area contributed by atoms with Crippen LogP contribution in [0, 0.1) is 0 Å². The van der Waals surface area contributed by atoms with Gasteiger partial charge in [-0.05, 0) is 30.2 Å². The number of para-hydroxylation sites is 1. The predicted octanol–water partition coefficient (Wildman–Crippen LogP) is 4.34. The molecule has 4 heteroatoms. The average molecular weight is 327 g/mol. The fourth-order valence-corrected chi connectivity index (χ4v) is 7.50. The molecule has 2 aromatic carbocycles. The molecule has 3 aliphatic rings. The average Bonchev–Trinajstić information content (AvgIpc) is 3.22. The number of anilines is 1. The molecule has 2 atom stereocenters. The highest BCUT2D eigenvalue weighted by molar-refractivity contribution is 8.19. The van der Waals surface area contributed by atoms with Crippen molar-refractivity contribution in [1.82, 2.24) is 0 Å². The number of benzene rings is 2. The summed E-state index contributed by atoms with van der Waals surface area (Å²) in [4.78, 5) is 5.18. The monoisotopic (exact) mass is 327 g/mol. The van der Waals surface area contributed by atoms with Crippen molar-refractivity contribution in [2.24, 2.45) is 0 Å². The summed E-state index contributed by atoms with van der Waals surface area (Å²) in [5, 5.41) is 0. The first-order chi connectivity index (χ1) is 10.8. The molecule has 2 aromatic rings. The molecule has 0 aromatic heterocycles. The molecule has 0 N–H and O–H groups in total. The summed E-state index contributed by atoms with van der Waals surface area (Å²) in [5.41, 5.74) is 2.90. The molecule has 0 bridgehead atoms. The highest BCUT2D eigenvalue weighted by atomic mass is 32.2. The van der Waals surface area contributed by atoms with Gasteiger partial charge in [-0.1, -0.05) is 30.3 Å². The van der Waals surface area contributed by atoms with Gasteiger partial charge in [0.2, 0.25) is 0 Å². The third kappa shape index (κ3) is 1.58. The number of thioether (sulfide) groups is 2. The SMILES string of the molecule is CN1c2ccccc2[C@@]2(C3Sc4ccccc4S3)CCO[C@@H]12. The van der Waals surface area contributed by atoms with Gasteiger partial charge in [0, 0.05) is 22.5 Å². The van der Waals surface area contributed by atoms with E-state index in [1.807, 2.05) is 23.5 Å². The lowest BCUT2D eigenvalue weighted by atomic mass is 9.81. The number of nitrogens with zero attached hydrogens (tertiary/aromatic N) is 1. The summed E-state index contributed by atoms with van der Waals surface area (Å²) in [7, 11) is 2.17. The smallest absolute Gasteiger partial charge is 0.141 e. The van der Waals surface area contributed by atoms with Crippen molar-refractivity contribution < 1.29 is 4.74 Å². The minimum absolute atomic E-state index is 0.0969. The molecule has 22 heavy (non-hydrogen) atoms. The zero-order chi connectivity index (χ0) is 14.7. The van der Waals surface area contributed by atoms with E-state index in [-0.39, 0.29) is 11.6 Å². The second-order valence-electron chi connectivity index (χ2n) is 6.16. The van der Waals surface area contributed by atoms with Gasteiger partial charge in [-0.15, -0.1) is 23.5 Å². The highest BCUT2D eigenvalue weighted by Gasteiger charge is 2.59. The highest BCUT2D eigenvalue weighted by Crippen LogP contribution is 2.63. The van der Waals surface area contributed by atoms with Crippen molar-refractivity contribution in [3.63, 3.8) is 0 Å². The molecule has 0 spiro atoms. The normalized spacial score (nSPS) is 29.5. The number of hydrogen-bond donors (Lipinski definition) is 0. The van der Waals surface area contributed by atoms with Crippen LogP contribution in [0.1, 0.15) is 12.0 Å². The van der Waals surface area contributed by atoms with Crippen molar-refractivity contribution in [3.05, 3.63) is 54.1 Å². The van der Waals surface area contributed by atoms with Gasteiger partial charge < -0.3 is 9.64 Å². The van der Waals surface area contributed by atoms with E-state index >= 15 is 0 Å². The van der Waals surface area contributed by atoms with Gasteiger partial charge in [-0.2, -0.15) is 0 Å². The zero-order valence-electron chi connectivity index (χ0n) is 12.4. The predicted molar refractivity (Wildman–Crippen MR) is 92.8 cm³/mol. The molecular weight excluding hydrogens is 310 g/mol. The van der Waals surface area contributed by atoms with Gasteiger partial charge in [0.1, 0.15) is 6.23 Å². The minimum atomic E-state index is 0.0969. The lowest BCUT2D eigenvalue weighted by molar-refractivity contribution is 0.0915. The zero-order valence-corrected chi connectivity index (χ0v) is 14.0. The summed E-state index contributed by atoms with van der Waals surface area (Å²) in [6.45, 7) is 0.858. The topological polar surface area (TPSA) is 12.5 Å². The molecule has 0 radical (unpaired) electrons. The molecule has 3 aliphatic heterocycles. The number of rotatable bonds is 1. The molecule has 0 unspecified atom stereocenters. The van der Waals surface area contributed by atoms with Crippen LogP contribution >= 0.6 is 23.5 Å². The van der Waals surface area contributed by atoms with Gasteiger partial charge >= 0.3 is 0 Å². The number of hydrogen-bond acceptors (Lipinski definition) is 4. The number of likely N-dealkylation sites (N-methyl/N-ethyl adjacent to an activating group) is 1. The molecule has 0 saturated carbocycles. The fourth-order valence-electron chi connectivity index (χ4n) is 4.11. The largest absolute Gasteiger partial charge is 0.357 e. The van der Waals surface area contributed by atoms with Gasteiger partial charge in [0.15, 0.2) is 0 Å². The summed E-state index contributed by atoms with van der Waals surface area (Å²) in [6, 6.07) is 17.6. The van der Waals surface area contributed by atoms with Crippen LogP contribution in [0.2, 0.25) is 0 Å². The van der Waals surface area contributed by atoms with Crippen molar-refractivity contribution in [2.75, 3.05) is 18.6 Å². The maximum absolute atomic E-state index is 6.19. The fraction of sp³-hybridized carbons (Fsp3) is 0.333. The molecule has 112 valence electrons. The van der Waals surface area contributed by atoms with Gasteiger partial charge in [0.25, 0.3) is 0 Å². The molecule has 1 saturated heterocycles. The van der Waals surface area contributed by atoms with Gasteiger partial charge in [-0.3, -0.25) is 0 Å². The Bertz CT molecular complexity index is 724. The van der Waals surface area contributed by atoms with E-state index in [1.165, 1.54) is 21.0 Å². The van der Waals surface area contributed by atoms with Crippen molar-refractivity contribution in [1.29, 1.82) is 0 Å². The first-order valence-electron chi connectivity index (χ1n) is 7.67. The Hall–Kier alpha value is -1.10. The van der Waals surface area contributed by atoms with Crippen LogP contribution < -0.4 is 4.90 Å². The van der Waals surface area contributed by atoms with E-state index in [1.54, 1.807) is 0 Å². The Morgan fingerprint density at radius 1 is 1.05 bits per heavy atom. The second kappa shape index (κ2) is 4.70. The molecule has 2 nitrogen and oxygen atoms in total. The minimum Gasteiger partial charge on any atom is -0.357 e. The summed E-state index contributed by atoms with van der Waals surface area (Å²) in [6.07, 6.45) is 1.28. The molecular formula is C18H17NOS2. The van der Waals surface area contributed by atoms with Crippen molar-refractivity contribution in [2.45, 2.75) is 32.4 Å². The standard InChI is InChI=1S/C18H17NOS2/c1-19-13-7-3-2-6-12(13)18(10-11-20-16(18)19)17-21-14-8-4-5-9-15(14)22-17/h2-9,16-17H,10-11H2,1H3/t16-,18+/m1/s1. The maximum atomic E-state index is 6.19. The van der Waals surface area contributed by atoms with Crippen LogP contribution in [0.4, 0.5) is 5.69 Å². The van der Waals surface area contributed by atoms with E-state index in [0.717, 1.165) is 13.0 Å². The Morgan fingerprint density at radius 2 is 1.73 bits per heavy atom. The molecule has 0 aliphatic carbocycles. The Morgan fingerprint density at radius 3 is 2.50 bits per heavy atom. The van der Waals surface area contributed by atoms with E-state index < -0.39 is 0 Å². The lowest BCUT2D eigenvalue weighted by Crippen LogP contribution is -2.45. The Labute approximate surface area is 139 Å². The third-order valence-electron chi connectivity index (χ3n) is 5.11. The van der Waals surface area contributed by atoms with Crippen LogP contribution in [0.5, 0.6) is 0 Å². The van der Waals surface area contributed by atoms with Crippen LogP contribution in [0.3, 0.4) is 0 Å². The number of fused-ring (bicyclic) bond motifs is 4. The lowest BCUT2D eigenvalue weighted by Gasteiger charge is -2.34. The Balaban J connectivity index is 1.64. The van der Waals surface area contributed by atoms with Gasteiger partial charge in [0.05, 0.1) is 16.6 Å². The second-order valence-corrected chi connectivity index (χ2v) is 8.75. The summed E-state index contributed by atoms with van der Waals surface area (Å²) in [5.74, 6) is 0. The van der Waals surface area contributed by atoms with E-state index in [0.29, 0.717) is 4.58 Å². The molecule has 0 amide bonds. The van der Waals surface area contributed by atoms with E-state index in [9.17, 15) is 0 Å². The van der Waals surface area contributed by atoms with Crippen molar-refractivity contribution >= 4 is 29.2 Å². The van der Waals surface area contributed by atoms with E-state index in [2.05, 4.69) is 60.5 Å². The maximum Gasteiger partial charge on any atom is 0.141 e. The first kappa shape index (κ1) is 13.3. The van der Waals surface area contributed by atoms with Crippen molar-refractivity contribution in [3.8, 4) is 0 Å². The molecule has 5 rings (SSSR count). The Kier molecular flexibility index (Phi) is 2.85. The molecule has 1 fully saturated rings. The van der Waals surface area contributed by atoms with Crippen LogP contribution in [0.25, 0.3) is 0 Å². The van der Waals surface area contributed by atoms with Crippen LogP contribution in [0.15, 0.2) is 58.3 Å². The summed E-state index contributed by atoms with van der Waals surface area (Å²) >= 11 is 4.05.